The third-order valence-corrected chi connectivity index (χ3v) is 2.95. The van der Waals surface area contributed by atoms with Crippen molar-refractivity contribution in [3.05, 3.63) is 69.8 Å². The smallest absolute Gasteiger partial charge is 0.465 e. The van der Waals surface area contributed by atoms with Gasteiger partial charge in [-0.2, -0.15) is 0 Å². The average molecular weight is 331 g/mol. The number of nitro benzene ring substituents is 1. The van der Waals surface area contributed by atoms with Gasteiger partial charge in [-0.25, -0.2) is 9.59 Å². The zero-order valence-electron chi connectivity index (χ0n) is 12.6. The summed E-state index contributed by atoms with van der Waals surface area (Å²) in [5, 5.41) is 10.5. The van der Waals surface area contributed by atoms with Crippen LogP contribution in [0.4, 0.5) is 10.5 Å². The molecule has 124 valence electrons. The molecule has 0 aliphatic rings. The molecule has 2 aromatic rings. The van der Waals surface area contributed by atoms with Crippen LogP contribution in [0.3, 0.4) is 0 Å². The van der Waals surface area contributed by atoms with Crippen LogP contribution < -0.4 is 4.74 Å². The number of benzene rings is 2. The van der Waals surface area contributed by atoms with Gasteiger partial charge in [-0.05, 0) is 29.8 Å². The number of non-ortho nitro benzene ring substituents is 1. The zero-order chi connectivity index (χ0) is 17.5. The molecule has 8 nitrogen and oxygen atoms in total. The van der Waals surface area contributed by atoms with Crippen LogP contribution in [0.5, 0.6) is 5.75 Å². The summed E-state index contributed by atoms with van der Waals surface area (Å²) < 4.78 is 14.4. The number of carbonyl (C=O) groups is 2. The van der Waals surface area contributed by atoms with Crippen molar-refractivity contribution in [2.75, 3.05) is 7.11 Å². The van der Waals surface area contributed by atoms with E-state index in [-0.39, 0.29) is 18.0 Å². The molecule has 0 unspecified atom stereocenters. The average Bonchev–Trinajstić information content (AvgIpc) is 2.60. The van der Waals surface area contributed by atoms with E-state index in [0.29, 0.717) is 11.1 Å². The molecule has 24 heavy (non-hydrogen) atoms. The van der Waals surface area contributed by atoms with E-state index in [2.05, 4.69) is 4.74 Å². The Morgan fingerprint density at radius 1 is 1.12 bits per heavy atom. The predicted molar refractivity (Wildman–Crippen MR) is 81.7 cm³/mol. The van der Waals surface area contributed by atoms with Gasteiger partial charge >= 0.3 is 12.1 Å². The molecule has 0 spiro atoms. The molecule has 2 aromatic carbocycles. The highest BCUT2D eigenvalue weighted by atomic mass is 16.7. The molecule has 0 N–H and O–H groups in total. The lowest BCUT2D eigenvalue weighted by Crippen LogP contribution is -2.11. The molecular formula is C16H13NO7. The highest BCUT2D eigenvalue weighted by molar-refractivity contribution is 5.89. The topological polar surface area (TPSA) is 105 Å². The van der Waals surface area contributed by atoms with Crippen molar-refractivity contribution in [1.29, 1.82) is 0 Å². The molecule has 0 aromatic heterocycles. The van der Waals surface area contributed by atoms with Crippen molar-refractivity contribution >= 4 is 17.8 Å². The molecule has 0 heterocycles. The van der Waals surface area contributed by atoms with Crippen LogP contribution in [0.1, 0.15) is 15.9 Å². The maximum Gasteiger partial charge on any atom is 0.514 e. The van der Waals surface area contributed by atoms with Gasteiger partial charge < -0.3 is 14.2 Å². The van der Waals surface area contributed by atoms with Gasteiger partial charge in [-0.3, -0.25) is 10.1 Å². The van der Waals surface area contributed by atoms with Gasteiger partial charge in [0.25, 0.3) is 5.69 Å². The molecule has 2 rings (SSSR count). The fourth-order valence-corrected chi connectivity index (χ4v) is 1.81. The summed E-state index contributed by atoms with van der Waals surface area (Å²) in [6.07, 6.45) is -0.965. The Morgan fingerprint density at radius 3 is 2.46 bits per heavy atom. The minimum Gasteiger partial charge on any atom is -0.465 e. The van der Waals surface area contributed by atoms with E-state index in [1.807, 2.05) is 0 Å². The summed E-state index contributed by atoms with van der Waals surface area (Å²) in [5.41, 5.74) is 0.802. The van der Waals surface area contributed by atoms with Crippen molar-refractivity contribution in [3.63, 3.8) is 0 Å². The normalized spacial score (nSPS) is 9.88. The van der Waals surface area contributed by atoms with Crippen molar-refractivity contribution in [2.45, 2.75) is 6.61 Å². The van der Waals surface area contributed by atoms with Gasteiger partial charge in [0.1, 0.15) is 12.4 Å². The molecule has 0 fully saturated rings. The van der Waals surface area contributed by atoms with Crippen LogP contribution in [0, 0.1) is 10.1 Å². The first-order valence-corrected chi connectivity index (χ1v) is 6.76. The summed E-state index contributed by atoms with van der Waals surface area (Å²) >= 11 is 0. The lowest BCUT2D eigenvalue weighted by molar-refractivity contribution is -0.384. The molecule has 0 saturated heterocycles. The highest BCUT2D eigenvalue weighted by Crippen LogP contribution is 2.18. The fourth-order valence-electron chi connectivity index (χ4n) is 1.81. The second kappa shape index (κ2) is 7.73. The van der Waals surface area contributed by atoms with E-state index in [0.717, 1.165) is 0 Å². The summed E-state index contributed by atoms with van der Waals surface area (Å²) in [6, 6.07) is 11.4. The molecule has 0 atom stereocenters. The fraction of sp³-hybridized carbons (Fsp3) is 0.125. The Balaban J connectivity index is 1.91. The lowest BCUT2D eigenvalue weighted by atomic mass is 10.1. The molecule has 0 radical (unpaired) electrons. The number of hydrogen-bond acceptors (Lipinski definition) is 7. The van der Waals surface area contributed by atoms with Crippen LogP contribution in [-0.4, -0.2) is 24.2 Å². The van der Waals surface area contributed by atoms with E-state index >= 15 is 0 Å². The first kappa shape index (κ1) is 16.9. The quantitative estimate of drug-likeness (QED) is 0.359. The first-order chi connectivity index (χ1) is 11.5. The Bertz CT molecular complexity index is 755. The SMILES string of the molecule is COC(=O)c1cccc(COC(=O)Oc2ccc([N+](=O)[O-])cc2)c1. The van der Waals surface area contributed by atoms with Crippen molar-refractivity contribution in [1.82, 2.24) is 0 Å². The first-order valence-electron chi connectivity index (χ1n) is 6.76. The number of esters is 1. The maximum absolute atomic E-state index is 11.6. The second-order valence-corrected chi connectivity index (χ2v) is 4.58. The van der Waals surface area contributed by atoms with E-state index in [1.165, 1.54) is 37.4 Å². The number of nitro groups is 1. The molecule has 0 saturated carbocycles. The second-order valence-electron chi connectivity index (χ2n) is 4.58. The number of ether oxygens (including phenoxy) is 3. The van der Waals surface area contributed by atoms with Gasteiger partial charge in [0.2, 0.25) is 0 Å². The number of carbonyl (C=O) groups excluding carboxylic acids is 2. The monoisotopic (exact) mass is 331 g/mol. The van der Waals surface area contributed by atoms with Crippen molar-refractivity contribution in [3.8, 4) is 5.75 Å². The standard InChI is InChI=1S/C16H13NO7/c1-22-15(18)12-4-2-3-11(9-12)10-23-16(19)24-14-7-5-13(6-8-14)17(20)21/h2-9H,10H2,1H3. The summed E-state index contributed by atoms with van der Waals surface area (Å²) in [4.78, 5) is 33.0. The summed E-state index contributed by atoms with van der Waals surface area (Å²) in [7, 11) is 1.27. The number of methoxy groups -OCH3 is 1. The van der Waals surface area contributed by atoms with Crippen molar-refractivity contribution < 1.29 is 28.7 Å². The molecule has 0 bridgehead atoms. The molecule has 0 aliphatic heterocycles. The third-order valence-electron chi connectivity index (χ3n) is 2.95. The van der Waals surface area contributed by atoms with E-state index in [9.17, 15) is 19.7 Å². The van der Waals surface area contributed by atoms with Crippen LogP contribution in [0.2, 0.25) is 0 Å². The summed E-state index contributed by atoms with van der Waals surface area (Å²) in [5.74, 6) is -0.376. The van der Waals surface area contributed by atoms with Crippen LogP contribution in [0.15, 0.2) is 48.5 Å². The highest BCUT2D eigenvalue weighted by Gasteiger charge is 2.11. The van der Waals surface area contributed by atoms with E-state index in [4.69, 9.17) is 9.47 Å². The number of nitrogens with zero attached hydrogens (tertiary/aromatic N) is 1. The maximum atomic E-state index is 11.6. The van der Waals surface area contributed by atoms with Crippen molar-refractivity contribution in [2.24, 2.45) is 0 Å². The number of hydrogen-bond donors (Lipinski definition) is 0. The van der Waals surface area contributed by atoms with Crippen LogP contribution in [-0.2, 0) is 16.1 Å². The Hall–Kier alpha value is -3.42. The van der Waals surface area contributed by atoms with Crippen LogP contribution in [0.25, 0.3) is 0 Å². The predicted octanol–water partition coefficient (Wildman–Crippen LogP) is 3.10. The lowest BCUT2D eigenvalue weighted by Gasteiger charge is -2.07. The van der Waals surface area contributed by atoms with Crippen LogP contribution >= 0.6 is 0 Å². The largest absolute Gasteiger partial charge is 0.514 e. The van der Waals surface area contributed by atoms with Gasteiger partial charge in [-0.15, -0.1) is 0 Å². The molecule has 8 heteroatoms. The zero-order valence-corrected chi connectivity index (χ0v) is 12.6. The Kier molecular flexibility index (Phi) is 5.45. The molecular weight excluding hydrogens is 318 g/mol. The summed E-state index contributed by atoms with van der Waals surface area (Å²) in [6.45, 7) is -0.101. The van der Waals surface area contributed by atoms with E-state index < -0.39 is 17.0 Å². The van der Waals surface area contributed by atoms with Gasteiger partial charge in [0.05, 0.1) is 17.6 Å². The molecule has 0 amide bonds. The van der Waals surface area contributed by atoms with Gasteiger partial charge in [-0.1, -0.05) is 12.1 Å². The Morgan fingerprint density at radius 2 is 1.83 bits per heavy atom. The number of rotatable bonds is 5. The third kappa shape index (κ3) is 4.54. The molecule has 0 aliphatic carbocycles. The Labute approximate surface area is 136 Å². The van der Waals surface area contributed by atoms with E-state index in [1.54, 1.807) is 18.2 Å². The minimum absolute atomic E-state index is 0.101. The van der Waals surface area contributed by atoms with Gasteiger partial charge in [0.15, 0.2) is 0 Å². The minimum atomic E-state index is -0.965. The van der Waals surface area contributed by atoms with Gasteiger partial charge in [0, 0.05) is 12.1 Å².